The predicted molar refractivity (Wildman–Crippen MR) is 189 cm³/mol. The lowest BCUT2D eigenvalue weighted by Gasteiger charge is -2.25. The molecular weight excluding hydrogens is 720 g/mol. The lowest BCUT2D eigenvalue weighted by molar-refractivity contribution is -0.757. The Kier molecular flexibility index (Phi) is 16.6. The van der Waals surface area contributed by atoms with E-state index in [9.17, 15) is 29.3 Å². The van der Waals surface area contributed by atoms with Crippen LogP contribution in [0.3, 0.4) is 0 Å². The first kappa shape index (κ1) is 41.3. The van der Waals surface area contributed by atoms with Crippen LogP contribution < -0.4 is 19.9 Å². The Hall–Kier alpha value is -6.11. The summed E-state index contributed by atoms with van der Waals surface area (Å²) in [7, 11) is 3.11. The fourth-order valence-electron chi connectivity index (χ4n) is 4.91. The van der Waals surface area contributed by atoms with Crippen LogP contribution in [0, 0.1) is 10.1 Å². The number of carbonyl (C=O) groups excluding carboxylic acids is 2. The number of halogens is 1. The Balaban J connectivity index is 0.000000846. The third-order valence-electron chi connectivity index (χ3n) is 7.50. The fourth-order valence-corrected chi connectivity index (χ4v) is 5.19. The van der Waals surface area contributed by atoms with Gasteiger partial charge < -0.3 is 34.7 Å². The molecule has 0 unspecified atom stereocenters. The van der Waals surface area contributed by atoms with E-state index in [1.54, 1.807) is 44.8 Å². The molecule has 0 bridgehead atoms. The minimum absolute atomic E-state index is 0.00444. The number of methoxy groups -OCH3 is 1. The standard InChI is InChI=1S/C29H35ClN8O7.C4H4O4/c1-36(28-31-12-7-13-32-28)27(40)22-18-34-29(35-26(22)33-17-20-10-11-24(43-2)23(30)16-20)37-14-6-8-21(37)19-44-25(39)9-4-3-5-15-45-38(41)42;5-3(6)1-2-4(7)8/h7,10-13,16,18,21H,3-6,8-9,14-15,17,19H2,1-2H3,(H,33,34,35);1-2H,(H,5,6)(H,7,8)/b;2-1+/t21-;/m0./s1. The average Bonchev–Trinajstić information content (AvgIpc) is 3.62. The van der Waals surface area contributed by atoms with Crippen molar-refractivity contribution in [2.45, 2.75) is 51.1 Å². The van der Waals surface area contributed by atoms with Gasteiger partial charge in [-0.15, -0.1) is 10.1 Å². The molecule has 3 aromatic rings. The number of unbranched alkanes of at least 4 members (excludes halogenated alkanes) is 2. The van der Waals surface area contributed by atoms with E-state index in [0.717, 1.165) is 18.4 Å². The summed E-state index contributed by atoms with van der Waals surface area (Å²) in [5, 5.41) is 28.7. The van der Waals surface area contributed by atoms with Crippen molar-refractivity contribution in [1.82, 2.24) is 19.9 Å². The number of hydrogen-bond donors (Lipinski definition) is 3. The zero-order chi connectivity index (χ0) is 38.8. The molecule has 0 saturated carbocycles. The van der Waals surface area contributed by atoms with E-state index in [4.69, 9.17) is 36.3 Å². The molecule has 2 aromatic heterocycles. The van der Waals surface area contributed by atoms with Gasteiger partial charge in [-0.1, -0.05) is 24.1 Å². The number of rotatable bonds is 18. The molecule has 1 atom stereocenters. The van der Waals surface area contributed by atoms with Gasteiger partial charge in [0, 0.05) is 57.3 Å². The van der Waals surface area contributed by atoms with E-state index in [1.165, 1.54) is 11.1 Å². The number of ether oxygens (including phenoxy) is 2. The number of anilines is 3. The minimum atomic E-state index is -1.26. The van der Waals surface area contributed by atoms with Gasteiger partial charge in [-0.3, -0.25) is 14.5 Å². The van der Waals surface area contributed by atoms with Gasteiger partial charge in [0.15, 0.2) is 0 Å². The number of aliphatic carboxylic acids is 2. The van der Waals surface area contributed by atoms with Crippen molar-refractivity contribution in [2.75, 3.05) is 49.0 Å². The molecule has 3 heterocycles. The van der Waals surface area contributed by atoms with Crippen molar-refractivity contribution < 1.29 is 48.8 Å². The van der Waals surface area contributed by atoms with Crippen LogP contribution in [0.15, 0.2) is 55.0 Å². The lowest BCUT2D eigenvalue weighted by Crippen LogP contribution is -2.36. The summed E-state index contributed by atoms with van der Waals surface area (Å²) in [5.74, 6) is -1.78. The molecule has 4 rings (SSSR count). The van der Waals surface area contributed by atoms with Crippen LogP contribution in [0.2, 0.25) is 5.02 Å². The van der Waals surface area contributed by atoms with E-state index in [2.05, 4.69) is 25.1 Å². The fraction of sp³-hybridized carbons (Fsp3) is 0.394. The Labute approximate surface area is 308 Å². The summed E-state index contributed by atoms with van der Waals surface area (Å²) in [4.78, 5) is 80.4. The highest BCUT2D eigenvalue weighted by atomic mass is 35.5. The van der Waals surface area contributed by atoms with Crippen molar-refractivity contribution in [3.05, 3.63) is 81.3 Å². The van der Waals surface area contributed by atoms with Crippen LogP contribution in [-0.2, 0) is 30.5 Å². The second kappa shape index (κ2) is 21.3. The summed E-state index contributed by atoms with van der Waals surface area (Å²) in [6.07, 6.45) is 9.16. The number of benzene rings is 1. The van der Waals surface area contributed by atoms with E-state index >= 15 is 0 Å². The maximum absolute atomic E-state index is 13.5. The molecule has 1 aliphatic rings. The minimum Gasteiger partial charge on any atom is -0.495 e. The average molecular weight is 759 g/mol. The number of aromatic nitrogens is 4. The molecule has 0 aliphatic carbocycles. The third kappa shape index (κ3) is 13.9. The first-order valence-electron chi connectivity index (χ1n) is 16.2. The zero-order valence-electron chi connectivity index (χ0n) is 28.9. The van der Waals surface area contributed by atoms with Crippen LogP contribution in [0.5, 0.6) is 5.75 Å². The molecule has 53 heavy (non-hydrogen) atoms. The molecule has 1 amide bonds. The molecule has 1 aliphatic heterocycles. The first-order chi connectivity index (χ1) is 25.4. The van der Waals surface area contributed by atoms with Gasteiger partial charge in [0.2, 0.25) is 11.9 Å². The number of carboxylic acid groups (broad SMARTS) is 2. The van der Waals surface area contributed by atoms with Crippen molar-refractivity contribution in [2.24, 2.45) is 0 Å². The molecule has 0 spiro atoms. The number of hydrogen-bond acceptors (Lipinski definition) is 15. The number of amides is 1. The van der Waals surface area contributed by atoms with Gasteiger partial charge in [0.1, 0.15) is 23.7 Å². The van der Waals surface area contributed by atoms with Crippen molar-refractivity contribution >= 4 is 53.1 Å². The Morgan fingerprint density at radius 3 is 2.47 bits per heavy atom. The summed E-state index contributed by atoms with van der Waals surface area (Å²) in [5.41, 5.74) is 1.06. The Bertz CT molecular complexity index is 1730. The smallest absolute Gasteiger partial charge is 0.328 e. The molecule has 3 N–H and O–H groups in total. The number of carboxylic acids is 2. The number of esters is 1. The van der Waals surface area contributed by atoms with E-state index < -0.39 is 22.9 Å². The van der Waals surface area contributed by atoms with Gasteiger partial charge >= 0.3 is 17.9 Å². The predicted octanol–water partition coefficient (Wildman–Crippen LogP) is 3.81. The summed E-state index contributed by atoms with van der Waals surface area (Å²) in [6, 6.07) is 6.91. The van der Waals surface area contributed by atoms with Crippen molar-refractivity contribution in [3.8, 4) is 5.75 Å². The van der Waals surface area contributed by atoms with Crippen LogP contribution in [0.4, 0.5) is 17.7 Å². The Morgan fingerprint density at radius 1 is 1.11 bits per heavy atom. The molecule has 1 fully saturated rings. The quantitative estimate of drug-likeness (QED) is 0.0548. The van der Waals surface area contributed by atoms with Crippen LogP contribution in [0.1, 0.15) is 54.4 Å². The molecule has 284 valence electrons. The second-order valence-electron chi connectivity index (χ2n) is 11.2. The van der Waals surface area contributed by atoms with Crippen LogP contribution >= 0.6 is 11.6 Å². The van der Waals surface area contributed by atoms with Gasteiger partial charge in [0.25, 0.3) is 11.0 Å². The Morgan fingerprint density at radius 2 is 1.83 bits per heavy atom. The van der Waals surface area contributed by atoms with E-state index in [1.807, 2.05) is 11.0 Å². The molecule has 0 radical (unpaired) electrons. The largest absolute Gasteiger partial charge is 0.495 e. The zero-order valence-corrected chi connectivity index (χ0v) is 29.7. The maximum Gasteiger partial charge on any atom is 0.328 e. The monoisotopic (exact) mass is 758 g/mol. The highest BCUT2D eigenvalue weighted by Gasteiger charge is 2.30. The summed E-state index contributed by atoms with van der Waals surface area (Å²) >= 11 is 6.32. The number of nitrogens with zero attached hydrogens (tertiary/aromatic N) is 7. The highest BCUT2D eigenvalue weighted by molar-refractivity contribution is 6.32. The summed E-state index contributed by atoms with van der Waals surface area (Å²) < 4.78 is 10.8. The van der Waals surface area contributed by atoms with E-state index in [0.29, 0.717) is 67.0 Å². The second-order valence-corrected chi connectivity index (χ2v) is 11.6. The maximum atomic E-state index is 13.5. The molecule has 20 heteroatoms. The van der Waals surface area contributed by atoms with Crippen molar-refractivity contribution in [1.29, 1.82) is 0 Å². The van der Waals surface area contributed by atoms with Gasteiger partial charge in [-0.25, -0.2) is 24.5 Å². The number of carbonyl (C=O) groups is 4. The summed E-state index contributed by atoms with van der Waals surface area (Å²) in [6.45, 7) is 1.13. The SMILES string of the molecule is COc1ccc(CNc2nc(N3CCC[C@H]3COC(=O)CCCCCO[N+](=O)[O-])ncc2C(=O)N(C)c2ncccn2)cc1Cl.O=C(O)/C=C/C(=O)O. The van der Waals surface area contributed by atoms with Crippen molar-refractivity contribution in [3.63, 3.8) is 0 Å². The first-order valence-corrected chi connectivity index (χ1v) is 16.6. The number of nitrogens with one attached hydrogen (secondary N) is 1. The molecule has 1 saturated heterocycles. The molecular formula is C33H39ClN8O11. The molecule has 1 aromatic carbocycles. The van der Waals surface area contributed by atoms with Crippen LogP contribution in [0.25, 0.3) is 0 Å². The van der Waals surface area contributed by atoms with Gasteiger partial charge in [0.05, 0.1) is 24.8 Å². The van der Waals surface area contributed by atoms with Crippen LogP contribution in [-0.4, -0.2) is 99.0 Å². The third-order valence-corrected chi connectivity index (χ3v) is 7.80. The van der Waals surface area contributed by atoms with Gasteiger partial charge in [-0.2, -0.15) is 4.98 Å². The normalized spacial score (nSPS) is 13.4. The highest BCUT2D eigenvalue weighted by Crippen LogP contribution is 2.28. The molecule has 19 nitrogen and oxygen atoms in total. The van der Waals surface area contributed by atoms with Gasteiger partial charge in [-0.05, 0) is 49.4 Å². The lowest BCUT2D eigenvalue weighted by atomic mass is 10.2. The topological polar surface area (TPSA) is 250 Å². The van der Waals surface area contributed by atoms with E-state index in [-0.39, 0.29) is 43.2 Å².